The molecule has 0 amide bonds. The lowest BCUT2D eigenvalue weighted by atomic mass is 10.1. The van der Waals surface area contributed by atoms with Gasteiger partial charge >= 0.3 is 11.6 Å². The molecule has 0 aliphatic carbocycles. The fourth-order valence-electron chi connectivity index (χ4n) is 2.36. The molecule has 0 spiro atoms. The lowest BCUT2D eigenvalue weighted by Crippen LogP contribution is -2.12. The van der Waals surface area contributed by atoms with Crippen LogP contribution in [0.4, 0.5) is 0 Å². The SMILES string of the molecule is Cc1cc(=O)oc(C)c1C(=O)OCc1coc(-c2ccccc2)n1. The van der Waals surface area contributed by atoms with Crippen LogP contribution in [-0.2, 0) is 11.3 Å². The van der Waals surface area contributed by atoms with Crippen LogP contribution in [0.2, 0.25) is 0 Å². The predicted molar refractivity (Wildman–Crippen MR) is 85.5 cm³/mol. The summed E-state index contributed by atoms with van der Waals surface area (Å²) >= 11 is 0. The third-order valence-electron chi connectivity index (χ3n) is 3.46. The Morgan fingerprint density at radius 1 is 1.21 bits per heavy atom. The molecule has 6 heteroatoms. The molecular formula is C18H15NO5. The molecule has 1 aromatic carbocycles. The highest BCUT2D eigenvalue weighted by atomic mass is 16.5. The molecule has 0 aliphatic rings. The topological polar surface area (TPSA) is 82.5 Å². The zero-order valence-corrected chi connectivity index (χ0v) is 13.2. The second-order valence-electron chi connectivity index (χ2n) is 5.27. The van der Waals surface area contributed by atoms with Gasteiger partial charge in [0.15, 0.2) is 0 Å². The van der Waals surface area contributed by atoms with Gasteiger partial charge in [-0.25, -0.2) is 14.6 Å². The quantitative estimate of drug-likeness (QED) is 0.685. The van der Waals surface area contributed by atoms with Gasteiger partial charge in [0.25, 0.3) is 0 Å². The van der Waals surface area contributed by atoms with Crippen LogP contribution < -0.4 is 5.63 Å². The number of aromatic nitrogens is 1. The van der Waals surface area contributed by atoms with Crippen LogP contribution in [0.15, 0.2) is 56.3 Å². The lowest BCUT2D eigenvalue weighted by Gasteiger charge is -2.07. The van der Waals surface area contributed by atoms with Crippen LogP contribution in [0.1, 0.15) is 27.4 Å². The van der Waals surface area contributed by atoms with Gasteiger partial charge in [-0.3, -0.25) is 0 Å². The Hall–Kier alpha value is -3.15. The molecule has 3 rings (SSSR count). The van der Waals surface area contributed by atoms with Crippen molar-refractivity contribution in [1.29, 1.82) is 0 Å². The number of hydrogen-bond donors (Lipinski definition) is 0. The van der Waals surface area contributed by atoms with Crippen molar-refractivity contribution in [2.24, 2.45) is 0 Å². The summed E-state index contributed by atoms with van der Waals surface area (Å²) in [5.41, 5.74) is 1.60. The standard InChI is InChI=1S/C18H15NO5/c1-11-8-15(20)24-12(2)16(11)18(21)23-10-14-9-22-17(19-14)13-6-4-3-5-7-13/h3-9H,10H2,1-2H3. The van der Waals surface area contributed by atoms with E-state index in [0.717, 1.165) is 5.56 Å². The smallest absolute Gasteiger partial charge is 0.342 e. The number of aryl methyl sites for hydroxylation is 2. The van der Waals surface area contributed by atoms with Crippen LogP contribution in [0.3, 0.4) is 0 Å². The summed E-state index contributed by atoms with van der Waals surface area (Å²) in [7, 11) is 0. The predicted octanol–water partition coefficient (Wildman–Crippen LogP) is 3.27. The van der Waals surface area contributed by atoms with E-state index in [1.165, 1.54) is 12.3 Å². The first-order valence-electron chi connectivity index (χ1n) is 7.33. The first-order chi connectivity index (χ1) is 11.5. The minimum absolute atomic E-state index is 0.0346. The highest BCUT2D eigenvalue weighted by Gasteiger charge is 2.17. The fraction of sp³-hybridized carbons (Fsp3) is 0.167. The molecular weight excluding hydrogens is 310 g/mol. The second-order valence-corrected chi connectivity index (χ2v) is 5.27. The van der Waals surface area contributed by atoms with Crippen molar-refractivity contribution in [3.63, 3.8) is 0 Å². The minimum Gasteiger partial charge on any atom is -0.455 e. The number of carbonyl (C=O) groups excluding carboxylic acids is 1. The van der Waals surface area contributed by atoms with Crippen molar-refractivity contribution < 1.29 is 18.4 Å². The maximum Gasteiger partial charge on any atom is 0.342 e. The number of ether oxygens (including phenoxy) is 1. The van der Waals surface area contributed by atoms with Gasteiger partial charge in [-0.2, -0.15) is 0 Å². The molecule has 2 aromatic heterocycles. The maximum absolute atomic E-state index is 12.2. The van der Waals surface area contributed by atoms with Crippen molar-refractivity contribution in [3.8, 4) is 11.5 Å². The Bertz CT molecular complexity index is 898. The van der Waals surface area contributed by atoms with Gasteiger partial charge < -0.3 is 13.6 Å². The minimum atomic E-state index is -0.571. The van der Waals surface area contributed by atoms with E-state index in [0.29, 0.717) is 17.1 Å². The molecule has 0 saturated heterocycles. The van der Waals surface area contributed by atoms with Crippen LogP contribution >= 0.6 is 0 Å². The van der Waals surface area contributed by atoms with Crippen LogP contribution in [0.5, 0.6) is 0 Å². The van der Waals surface area contributed by atoms with Gasteiger partial charge in [0.1, 0.15) is 29.9 Å². The summed E-state index contributed by atoms with van der Waals surface area (Å²) in [5.74, 6) is 0.118. The Labute approximate surface area is 137 Å². The number of nitrogens with zero attached hydrogens (tertiary/aromatic N) is 1. The molecule has 3 aromatic rings. The van der Waals surface area contributed by atoms with E-state index in [9.17, 15) is 9.59 Å². The van der Waals surface area contributed by atoms with E-state index >= 15 is 0 Å². The molecule has 0 radical (unpaired) electrons. The number of carbonyl (C=O) groups is 1. The first kappa shape index (κ1) is 15.7. The molecule has 24 heavy (non-hydrogen) atoms. The van der Waals surface area contributed by atoms with Crippen LogP contribution in [0, 0.1) is 13.8 Å². The van der Waals surface area contributed by atoms with Crippen molar-refractivity contribution in [3.05, 3.63) is 75.7 Å². The van der Waals surface area contributed by atoms with E-state index in [1.807, 2.05) is 30.3 Å². The van der Waals surface area contributed by atoms with E-state index in [4.69, 9.17) is 13.6 Å². The molecule has 2 heterocycles. The normalized spacial score (nSPS) is 10.6. The van der Waals surface area contributed by atoms with Crippen LogP contribution in [-0.4, -0.2) is 11.0 Å². The summed E-state index contributed by atoms with van der Waals surface area (Å²) < 4.78 is 15.6. The number of benzene rings is 1. The molecule has 0 bridgehead atoms. The summed E-state index contributed by atoms with van der Waals surface area (Å²) in [5, 5.41) is 0. The third-order valence-corrected chi connectivity index (χ3v) is 3.46. The summed E-state index contributed by atoms with van der Waals surface area (Å²) in [6, 6.07) is 10.7. The van der Waals surface area contributed by atoms with E-state index < -0.39 is 11.6 Å². The van der Waals surface area contributed by atoms with Crippen molar-refractivity contribution in [1.82, 2.24) is 4.98 Å². The molecule has 0 N–H and O–H groups in total. The molecule has 0 saturated carbocycles. The maximum atomic E-state index is 12.2. The molecule has 122 valence electrons. The molecule has 0 fully saturated rings. The monoisotopic (exact) mass is 325 g/mol. The van der Waals surface area contributed by atoms with E-state index in [2.05, 4.69) is 4.98 Å². The Morgan fingerprint density at radius 2 is 1.96 bits per heavy atom. The first-order valence-corrected chi connectivity index (χ1v) is 7.33. The van der Waals surface area contributed by atoms with Crippen molar-refractivity contribution >= 4 is 5.97 Å². The van der Waals surface area contributed by atoms with E-state index in [-0.39, 0.29) is 17.9 Å². The Morgan fingerprint density at radius 3 is 2.67 bits per heavy atom. The highest BCUT2D eigenvalue weighted by molar-refractivity contribution is 5.91. The third kappa shape index (κ3) is 3.27. The average molecular weight is 325 g/mol. The van der Waals surface area contributed by atoms with Crippen molar-refractivity contribution in [2.45, 2.75) is 20.5 Å². The zero-order chi connectivity index (χ0) is 17.1. The molecule has 0 atom stereocenters. The molecule has 6 nitrogen and oxygen atoms in total. The lowest BCUT2D eigenvalue weighted by molar-refractivity contribution is 0.0462. The van der Waals surface area contributed by atoms with Crippen LogP contribution in [0.25, 0.3) is 11.5 Å². The molecule has 0 unspecified atom stereocenters. The van der Waals surface area contributed by atoms with Gasteiger partial charge in [-0.05, 0) is 31.5 Å². The second kappa shape index (κ2) is 6.54. The van der Waals surface area contributed by atoms with Gasteiger partial charge in [0.2, 0.25) is 5.89 Å². The van der Waals surface area contributed by atoms with Gasteiger partial charge in [0, 0.05) is 11.6 Å². The number of hydrogen-bond acceptors (Lipinski definition) is 6. The number of oxazole rings is 1. The fourth-order valence-corrected chi connectivity index (χ4v) is 2.36. The van der Waals surface area contributed by atoms with Gasteiger partial charge in [0.05, 0.1) is 0 Å². The summed E-state index contributed by atoms with van der Waals surface area (Å²) in [6.45, 7) is 3.17. The number of esters is 1. The Kier molecular flexibility index (Phi) is 4.29. The highest BCUT2D eigenvalue weighted by Crippen LogP contribution is 2.19. The van der Waals surface area contributed by atoms with Crippen molar-refractivity contribution in [2.75, 3.05) is 0 Å². The summed E-state index contributed by atoms with van der Waals surface area (Å²) in [4.78, 5) is 27.8. The van der Waals surface area contributed by atoms with E-state index in [1.54, 1.807) is 13.8 Å². The molecule has 0 aliphatic heterocycles. The summed E-state index contributed by atoms with van der Waals surface area (Å²) in [6.07, 6.45) is 1.44. The number of rotatable bonds is 4. The Balaban J connectivity index is 1.72. The van der Waals surface area contributed by atoms with Gasteiger partial charge in [-0.1, -0.05) is 18.2 Å². The average Bonchev–Trinajstić information content (AvgIpc) is 3.02. The van der Waals surface area contributed by atoms with Gasteiger partial charge in [-0.15, -0.1) is 0 Å². The largest absolute Gasteiger partial charge is 0.455 e. The zero-order valence-electron chi connectivity index (χ0n) is 13.2.